The van der Waals surface area contributed by atoms with E-state index < -0.39 is 0 Å². The van der Waals surface area contributed by atoms with Crippen molar-refractivity contribution in [2.75, 3.05) is 0 Å². The fourth-order valence-electron chi connectivity index (χ4n) is 2.02. The standard InChI is InChI=1S/C11H15N/c1-9-11-6-4-2-3-5-10(11)7-8-12-9/h7-8H,2-6H2,1H3. The zero-order valence-corrected chi connectivity index (χ0v) is 7.64. The minimum absolute atomic E-state index is 1.24. The van der Waals surface area contributed by atoms with Crippen molar-refractivity contribution in [2.45, 2.75) is 39.0 Å². The number of hydrogen-bond donors (Lipinski definition) is 0. The van der Waals surface area contributed by atoms with E-state index in [1.165, 1.54) is 43.4 Å². The third kappa shape index (κ3) is 1.36. The van der Waals surface area contributed by atoms with Crippen molar-refractivity contribution in [3.63, 3.8) is 0 Å². The number of rotatable bonds is 0. The Morgan fingerprint density at radius 3 is 2.92 bits per heavy atom. The van der Waals surface area contributed by atoms with Crippen LogP contribution in [-0.4, -0.2) is 4.98 Å². The maximum Gasteiger partial charge on any atom is 0.0407 e. The Morgan fingerprint density at radius 2 is 2.00 bits per heavy atom. The van der Waals surface area contributed by atoms with Crippen molar-refractivity contribution in [1.29, 1.82) is 0 Å². The number of aryl methyl sites for hydroxylation is 2. The Bertz CT molecular complexity index is 278. The van der Waals surface area contributed by atoms with Crippen LogP contribution in [0.5, 0.6) is 0 Å². The summed E-state index contributed by atoms with van der Waals surface area (Å²) in [6.45, 7) is 2.13. The van der Waals surface area contributed by atoms with E-state index in [9.17, 15) is 0 Å². The van der Waals surface area contributed by atoms with Crippen LogP contribution in [0.2, 0.25) is 0 Å². The van der Waals surface area contributed by atoms with E-state index in [1.807, 2.05) is 6.20 Å². The molecule has 0 unspecified atom stereocenters. The molecule has 0 radical (unpaired) electrons. The predicted octanol–water partition coefficient (Wildman–Crippen LogP) is 2.66. The predicted molar refractivity (Wildman–Crippen MR) is 50.2 cm³/mol. The van der Waals surface area contributed by atoms with Crippen molar-refractivity contribution >= 4 is 0 Å². The average molecular weight is 161 g/mol. The van der Waals surface area contributed by atoms with Gasteiger partial charge in [0.05, 0.1) is 0 Å². The highest BCUT2D eigenvalue weighted by Crippen LogP contribution is 2.21. The van der Waals surface area contributed by atoms with Crippen LogP contribution in [0, 0.1) is 6.92 Å². The number of aromatic nitrogens is 1. The van der Waals surface area contributed by atoms with Crippen LogP contribution in [-0.2, 0) is 12.8 Å². The van der Waals surface area contributed by atoms with Gasteiger partial charge >= 0.3 is 0 Å². The van der Waals surface area contributed by atoms with E-state index in [4.69, 9.17) is 0 Å². The maximum absolute atomic E-state index is 4.33. The van der Waals surface area contributed by atoms with Crippen LogP contribution >= 0.6 is 0 Å². The SMILES string of the molecule is Cc1nccc2c1CCCCC2. The van der Waals surface area contributed by atoms with Gasteiger partial charge in [-0.1, -0.05) is 6.42 Å². The summed E-state index contributed by atoms with van der Waals surface area (Å²) in [4.78, 5) is 4.33. The molecule has 0 atom stereocenters. The van der Waals surface area contributed by atoms with Gasteiger partial charge in [0.15, 0.2) is 0 Å². The highest BCUT2D eigenvalue weighted by molar-refractivity contribution is 5.30. The number of pyridine rings is 1. The summed E-state index contributed by atoms with van der Waals surface area (Å²) in [5.74, 6) is 0. The summed E-state index contributed by atoms with van der Waals surface area (Å²) >= 11 is 0. The molecule has 1 aliphatic rings. The molecule has 1 heteroatoms. The molecule has 0 aromatic carbocycles. The van der Waals surface area contributed by atoms with E-state index in [1.54, 1.807) is 5.56 Å². The van der Waals surface area contributed by atoms with Gasteiger partial charge in [0.1, 0.15) is 0 Å². The van der Waals surface area contributed by atoms with Crippen molar-refractivity contribution < 1.29 is 0 Å². The number of fused-ring (bicyclic) bond motifs is 1. The zero-order chi connectivity index (χ0) is 8.39. The Labute approximate surface area is 73.8 Å². The normalized spacial score (nSPS) is 16.8. The molecule has 0 fully saturated rings. The summed E-state index contributed by atoms with van der Waals surface area (Å²) in [7, 11) is 0. The van der Waals surface area contributed by atoms with Gasteiger partial charge in [0.25, 0.3) is 0 Å². The molecule has 1 aliphatic carbocycles. The molecule has 1 nitrogen and oxygen atoms in total. The fourth-order valence-corrected chi connectivity index (χ4v) is 2.02. The van der Waals surface area contributed by atoms with Gasteiger partial charge in [-0.15, -0.1) is 0 Å². The average Bonchev–Trinajstić information content (AvgIpc) is 2.30. The molecule has 12 heavy (non-hydrogen) atoms. The van der Waals surface area contributed by atoms with Crippen molar-refractivity contribution in [3.8, 4) is 0 Å². The van der Waals surface area contributed by atoms with Crippen LogP contribution in [0.25, 0.3) is 0 Å². The Balaban J connectivity index is 2.42. The van der Waals surface area contributed by atoms with Gasteiger partial charge in [-0.25, -0.2) is 0 Å². The topological polar surface area (TPSA) is 12.9 Å². The highest BCUT2D eigenvalue weighted by atomic mass is 14.7. The van der Waals surface area contributed by atoms with E-state index in [-0.39, 0.29) is 0 Å². The van der Waals surface area contributed by atoms with Crippen molar-refractivity contribution in [1.82, 2.24) is 4.98 Å². The van der Waals surface area contributed by atoms with Crippen LogP contribution in [0.4, 0.5) is 0 Å². The maximum atomic E-state index is 4.33. The first-order valence-electron chi connectivity index (χ1n) is 4.81. The molecule has 1 aromatic heterocycles. The minimum Gasteiger partial charge on any atom is -0.261 e. The molecule has 0 amide bonds. The molecular formula is C11H15N. The first-order chi connectivity index (χ1) is 5.88. The van der Waals surface area contributed by atoms with Gasteiger partial charge in [-0.3, -0.25) is 4.98 Å². The first-order valence-corrected chi connectivity index (χ1v) is 4.81. The smallest absolute Gasteiger partial charge is 0.0407 e. The van der Waals surface area contributed by atoms with E-state index in [0.717, 1.165) is 0 Å². The number of hydrogen-bond acceptors (Lipinski definition) is 1. The van der Waals surface area contributed by atoms with E-state index in [2.05, 4.69) is 18.0 Å². The molecular weight excluding hydrogens is 146 g/mol. The Hall–Kier alpha value is -0.850. The van der Waals surface area contributed by atoms with Crippen LogP contribution in [0.15, 0.2) is 12.3 Å². The second-order valence-electron chi connectivity index (χ2n) is 3.59. The summed E-state index contributed by atoms with van der Waals surface area (Å²) in [5.41, 5.74) is 4.31. The quantitative estimate of drug-likeness (QED) is 0.533. The van der Waals surface area contributed by atoms with Crippen LogP contribution in [0.3, 0.4) is 0 Å². The Kier molecular flexibility index (Phi) is 2.11. The lowest BCUT2D eigenvalue weighted by Crippen LogP contribution is -1.96. The second-order valence-corrected chi connectivity index (χ2v) is 3.59. The highest BCUT2D eigenvalue weighted by Gasteiger charge is 2.09. The molecule has 0 saturated heterocycles. The third-order valence-electron chi connectivity index (χ3n) is 2.74. The zero-order valence-electron chi connectivity index (χ0n) is 7.64. The molecule has 0 saturated carbocycles. The van der Waals surface area contributed by atoms with Crippen molar-refractivity contribution in [2.24, 2.45) is 0 Å². The van der Waals surface area contributed by atoms with E-state index in [0.29, 0.717) is 0 Å². The molecule has 0 aliphatic heterocycles. The van der Waals surface area contributed by atoms with E-state index >= 15 is 0 Å². The third-order valence-corrected chi connectivity index (χ3v) is 2.74. The lowest BCUT2D eigenvalue weighted by Gasteiger charge is -2.06. The van der Waals surface area contributed by atoms with Gasteiger partial charge < -0.3 is 0 Å². The number of nitrogens with zero attached hydrogens (tertiary/aromatic N) is 1. The summed E-state index contributed by atoms with van der Waals surface area (Å²) in [6.07, 6.45) is 8.54. The van der Waals surface area contributed by atoms with Crippen LogP contribution in [0.1, 0.15) is 36.1 Å². The molecule has 1 heterocycles. The molecule has 1 aromatic rings. The molecule has 0 N–H and O–H groups in total. The molecule has 64 valence electrons. The van der Waals surface area contributed by atoms with Gasteiger partial charge in [0, 0.05) is 11.9 Å². The Morgan fingerprint density at radius 1 is 1.17 bits per heavy atom. The second kappa shape index (κ2) is 3.26. The molecule has 0 bridgehead atoms. The minimum atomic E-state index is 1.24. The monoisotopic (exact) mass is 161 g/mol. The lowest BCUT2D eigenvalue weighted by atomic mass is 10.0. The first kappa shape index (κ1) is 7.78. The largest absolute Gasteiger partial charge is 0.261 e. The summed E-state index contributed by atoms with van der Waals surface area (Å²) in [5, 5.41) is 0. The van der Waals surface area contributed by atoms with Gasteiger partial charge in [-0.2, -0.15) is 0 Å². The van der Waals surface area contributed by atoms with Gasteiger partial charge in [0.2, 0.25) is 0 Å². The summed E-state index contributed by atoms with van der Waals surface area (Å²) < 4.78 is 0. The molecule has 0 spiro atoms. The van der Waals surface area contributed by atoms with Gasteiger partial charge in [-0.05, 0) is 49.8 Å². The fraction of sp³-hybridized carbons (Fsp3) is 0.545. The summed E-state index contributed by atoms with van der Waals surface area (Å²) in [6, 6.07) is 2.19. The van der Waals surface area contributed by atoms with Crippen LogP contribution < -0.4 is 0 Å². The lowest BCUT2D eigenvalue weighted by molar-refractivity contribution is 0.711. The molecule has 2 rings (SSSR count). The van der Waals surface area contributed by atoms with Crippen molar-refractivity contribution in [3.05, 3.63) is 29.1 Å².